The van der Waals surface area contributed by atoms with Gasteiger partial charge in [0.25, 0.3) is 5.91 Å². The Morgan fingerprint density at radius 3 is 2.10 bits per heavy atom. The maximum atomic E-state index is 12.4. The molecule has 2 nitrogen and oxygen atoms in total. The summed E-state index contributed by atoms with van der Waals surface area (Å²) in [5, 5.41) is 2.94. The molecule has 0 radical (unpaired) electrons. The Balaban J connectivity index is 2.03. The van der Waals surface area contributed by atoms with Crippen molar-refractivity contribution < 1.29 is 4.79 Å². The zero-order valence-corrected chi connectivity index (χ0v) is 13.1. The van der Waals surface area contributed by atoms with Crippen LogP contribution in [0.5, 0.6) is 0 Å². The Bertz CT molecular complexity index is 616. The Kier molecular flexibility index (Phi) is 5.64. The smallest absolute Gasteiger partial charge is 0.262 e. The molecule has 0 fully saturated rings. The molecule has 2 aromatic carbocycles. The van der Waals surface area contributed by atoms with E-state index in [2.05, 4.69) is 17.4 Å². The number of rotatable bonds is 5. The first-order chi connectivity index (χ1) is 10.2. The quantitative estimate of drug-likeness (QED) is 0.799. The average molecular weight is 297 g/mol. The number of carbonyl (C=O) groups is 1. The van der Waals surface area contributed by atoms with Crippen molar-refractivity contribution in [3.05, 3.63) is 76.7 Å². The Morgan fingerprint density at radius 2 is 1.52 bits per heavy atom. The van der Waals surface area contributed by atoms with Crippen LogP contribution in [0.3, 0.4) is 0 Å². The molecule has 1 amide bonds. The lowest BCUT2D eigenvalue weighted by Gasteiger charge is -2.10. The Hall–Kier alpha value is -2.00. The molecule has 0 heterocycles. The van der Waals surface area contributed by atoms with E-state index in [1.807, 2.05) is 62.4 Å². The molecule has 108 valence electrons. The molecule has 0 spiro atoms. The van der Waals surface area contributed by atoms with Crippen molar-refractivity contribution in [3.63, 3.8) is 0 Å². The first kappa shape index (κ1) is 15.4. The highest BCUT2D eigenvalue weighted by molar-refractivity contribution is 8.03. The summed E-state index contributed by atoms with van der Waals surface area (Å²) in [5.41, 5.74) is 3.07. The van der Waals surface area contributed by atoms with Crippen molar-refractivity contribution in [1.82, 2.24) is 0 Å². The third-order valence-corrected chi connectivity index (χ3v) is 4.28. The van der Waals surface area contributed by atoms with Gasteiger partial charge < -0.3 is 5.32 Å². The van der Waals surface area contributed by atoms with E-state index >= 15 is 0 Å². The minimum absolute atomic E-state index is 0.0397. The number of nitrogens with one attached hydrogen (secondary N) is 1. The van der Waals surface area contributed by atoms with Crippen LogP contribution in [0.4, 0.5) is 5.69 Å². The topological polar surface area (TPSA) is 29.1 Å². The van der Waals surface area contributed by atoms with E-state index in [1.54, 1.807) is 11.8 Å². The van der Waals surface area contributed by atoms with E-state index in [0.29, 0.717) is 0 Å². The monoisotopic (exact) mass is 297 g/mol. The van der Waals surface area contributed by atoms with Crippen LogP contribution in [0.2, 0.25) is 0 Å². The molecular formula is C18H19NOS. The summed E-state index contributed by atoms with van der Waals surface area (Å²) in [6.07, 6.45) is 0. The van der Waals surface area contributed by atoms with Gasteiger partial charge in [0, 0.05) is 11.4 Å². The zero-order valence-electron chi connectivity index (χ0n) is 12.3. The second-order valence-corrected chi connectivity index (χ2v) is 5.91. The predicted molar refractivity (Wildman–Crippen MR) is 91.2 cm³/mol. The second kappa shape index (κ2) is 7.70. The SMILES string of the molecule is CC(C)=C(SCc1ccccc1)C(=O)Nc1ccccc1. The minimum Gasteiger partial charge on any atom is -0.322 e. The summed E-state index contributed by atoms with van der Waals surface area (Å²) >= 11 is 1.58. The van der Waals surface area contributed by atoms with Gasteiger partial charge in [-0.2, -0.15) is 0 Å². The molecule has 0 saturated heterocycles. The molecule has 0 atom stereocenters. The van der Waals surface area contributed by atoms with Gasteiger partial charge in [-0.3, -0.25) is 4.79 Å². The summed E-state index contributed by atoms with van der Waals surface area (Å²) in [6.45, 7) is 3.94. The first-order valence-electron chi connectivity index (χ1n) is 6.87. The molecular weight excluding hydrogens is 278 g/mol. The normalized spacial score (nSPS) is 10.0. The van der Waals surface area contributed by atoms with Crippen LogP contribution in [0, 0.1) is 0 Å². The van der Waals surface area contributed by atoms with Gasteiger partial charge in [-0.05, 0) is 31.5 Å². The van der Waals surface area contributed by atoms with Gasteiger partial charge in [0.05, 0.1) is 4.91 Å². The van der Waals surface area contributed by atoms with Crippen molar-refractivity contribution >= 4 is 23.4 Å². The molecule has 0 bridgehead atoms. The maximum Gasteiger partial charge on any atom is 0.262 e. The highest BCUT2D eigenvalue weighted by Crippen LogP contribution is 2.25. The van der Waals surface area contributed by atoms with Crippen LogP contribution in [0.25, 0.3) is 0 Å². The fraction of sp³-hybridized carbons (Fsp3) is 0.167. The van der Waals surface area contributed by atoms with Crippen LogP contribution in [0.1, 0.15) is 19.4 Å². The van der Waals surface area contributed by atoms with Crippen LogP contribution in [0.15, 0.2) is 71.1 Å². The van der Waals surface area contributed by atoms with E-state index in [-0.39, 0.29) is 5.91 Å². The maximum absolute atomic E-state index is 12.4. The highest BCUT2D eigenvalue weighted by atomic mass is 32.2. The summed E-state index contributed by atoms with van der Waals surface area (Å²) in [6, 6.07) is 19.7. The summed E-state index contributed by atoms with van der Waals surface area (Å²) in [4.78, 5) is 13.2. The van der Waals surface area contributed by atoms with E-state index < -0.39 is 0 Å². The van der Waals surface area contributed by atoms with Gasteiger partial charge in [0.1, 0.15) is 0 Å². The van der Waals surface area contributed by atoms with Gasteiger partial charge in [-0.25, -0.2) is 0 Å². The number of anilines is 1. The van der Waals surface area contributed by atoms with Crippen LogP contribution in [-0.4, -0.2) is 5.91 Å². The van der Waals surface area contributed by atoms with Gasteiger partial charge in [-0.1, -0.05) is 54.1 Å². The number of amides is 1. The van der Waals surface area contributed by atoms with Crippen molar-refractivity contribution in [2.24, 2.45) is 0 Å². The lowest BCUT2D eigenvalue weighted by molar-refractivity contribution is -0.112. The van der Waals surface area contributed by atoms with Crippen LogP contribution >= 0.6 is 11.8 Å². The van der Waals surface area contributed by atoms with E-state index in [9.17, 15) is 4.79 Å². The molecule has 0 saturated carbocycles. The van der Waals surface area contributed by atoms with Crippen molar-refractivity contribution in [3.8, 4) is 0 Å². The summed E-state index contributed by atoms with van der Waals surface area (Å²) in [5.74, 6) is 0.756. The third kappa shape index (κ3) is 4.80. The lowest BCUT2D eigenvalue weighted by atomic mass is 10.2. The van der Waals surface area contributed by atoms with Crippen molar-refractivity contribution in [1.29, 1.82) is 0 Å². The highest BCUT2D eigenvalue weighted by Gasteiger charge is 2.12. The lowest BCUT2D eigenvalue weighted by Crippen LogP contribution is -2.13. The molecule has 21 heavy (non-hydrogen) atoms. The first-order valence-corrected chi connectivity index (χ1v) is 7.86. The average Bonchev–Trinajstić information content (AvgIpc) is 2.49. The van der Waals surface area contributed by atoms with E-state index in [1.165, 1.54) is 5.56 Å². The second-order valence-electron chi connectivity index (χ2n) is 4.92. The third-order valence-electron chi connectivity index (χ3n) is 2.92. The van der Waals surface area contributed by atoms with Crippen LogP contribution in [-0.2, 0) is 10.5 Å². The fourth-order valence-corrected chi connectivity index (χ4v) is 2.85. The van der Waals surface area contributed by atoms with E-state index in [4.69, 9.17) is 0 Å². The number of para-hydroxylation sites is 1. The number of allylic oxidation sites excluding steroid dienone is 1. The molecule has 2 rings (SSSR count). The molecule has 0 aromatic heterocycles. The molecule has 1 N–H and O–H groups in total. The Labute approximate surface area is 130 Å². The number of carbonyl (C=O) groups excluding carboxylic acids is 1. The molecule has 0 aliphatic heterocycles. The van der Waals surface area contributed by atoms with Gasteiger partial charge in [-0.15, -0.1) is 11.8 Å². The largest absolute Gasteiger partial charge is 0.322 e. The molecule has 0 unspecified atom stereocenters. The Morgan fingerprint density at radius 1 is 0.952 bits per heavy atom. The number of hydrogen-bond donors (Lipinski definition) is 1. The summed E-state index contributed by atoms with van der Waals surface area (Å²) in [7, 11) is 0. The number of thioether (sulfide) groups is 1. The van der Waals surface area contributed by atoms with Crippen LogP contribution < -0.4 is 5.32 Å². The predicted octanol–water partition coefficient (Wildman–Crippen LogP) is 4.85. The van der Waals surface area contributed by atoms with Gasteiger partial charge in [0.15, 0.2) is 0 Å². The molecule has 0 aliphatic rings. The minimum atomic E-state index is -0.0397. The van der Waals surface area contributed by atoms with Gasteiger partial charge in [0.2, 0.25) is 0 Å². The molecule has 2 aromatic rings. The number of hydrogen-bond acceptors (Lipinski definition) is 2. The van der Waals surface area contributed by atoms with Gasteiger partial charge >= 0.3 is 0 Å². The zero-order chi connectivity index (χ0) is 15.1. The fourth-order valence-electron chi connectivity index (χ4n) is 1.88. The standard InChI is InChI=1S/C18H19NOS/c1-14(2)17(21-13-15-9-5-3-6-10-15)18(20)19-16-11-7-4-8-12-16/h3-12H,13H2,1-2H3,(H,19,20). The number of benzene rings is 2. The van der Waals surface area contributed by atoms with Crippen molar-refractivity contribution in [2.45, 2.75) is 19.6 Å². The van der Waals surface area contributed by atoms with E-state index in [0.717, 1.165) is 21.9 Å². The van der Waals surface area contributed by atoms with Crippen molar-refractivity contribution in [2.75, 3.05) is 5.32 Å². The molecule has 0 aliphatic carbocycles. The summed E-state index contributed by atoms with van der Waals surface area (Å²) < 4.78 is 0. The molecule has 3 heteroatoms.